The molecule has 1 aromatic carbocycles. The highest BCUT2D eigenvalue weighted by atomic mass is 127. The second-order valence-electron chi connectivity index (χ2n) is 2.20. The van der Waals surface area contributed by atoms with E-state index in [1.807, 2.05) is 25.1 Å². The zero-order chi connectivity index (χ0) is 7.56. The van der Waals surface area contributed by atoms with E-state index in [0.717, 1.165) is 14.7 Å². The minimum atomic E-state index is -0.358. The van der Waals surface area contributed by atoms with Crippen LogP contribution < -0.4 is 0 Å². The van der Waals surface area contributed by atoms with Crippen LogP contribution in [-0.4, -0.2) is 0 Å². The number of hydrogen-bond donors (Lipinski definition) is 0. The predicted octanol–water partition coefficient (Wildman–Crippen LogP) is 3.07. The van der Waals surface area contributed by atoms with Crippen LogP contribution in [-0.2, 0) is 6.67 Å². The molecule has 0 atom stereocenters. The lowest BCUT2D eigenvalue weighted by atomic mass is 10.1. The van der Waals surface area contributed by atoms with Gasteiger partial charge in [0.1, 0.15) is 6.67 Å². The van der Waals surface area contributed by atoms with Crippen molar-refractivity contribution in [1.82, 2.24) is 0 Å². The number of halogens is 2. The average Bonchev–Trinajstić information content (AvgIpc) is 1.88. The zero-order valence-electron chi connectivity index (χ0n) is 5.70. The Balaban J connectivity index is 3.07. The molecule has 0 unspecified atom stereocenters. The molecule has 54 valence electrons. The van der Waals surface area contributed by atoms with Gasteiger partial charge in [-0.25, -0.2) is 4.39 Å². The highest BCUT2D eigenvalue weighted by Crippen LogP contribution is 2.13. The first-order valence-electron chi connectivity index (χ1n) is 3.05. The van der Waals surface area contributed by atoms with E-state index in [4.69, 9.17) is 0 Å². The van der Waals surface area contributed by atoms with E-state index in [1.165, 1.54) is 0 Å². The minimum Gasteiger partial charge on any atom is -0.246 e. The van der Waals surface area contributed by atoms with Crippen LogP contribution in [0.3, 0.4) is 0 Å². The molecule has 0 aliphatic rings. The molecule has 0 amide bonds. The standard InChI is InChI=1S/C8H8FI/c1-6-4-8(10)3-2-7(6)5-9/h2-4H,5H2,1H3. The van der Waals surface area contributed by atoms with E-state index in [0.29, 0.717) is 0 Å². The van der Waals surface area contributed by atoms with Crippen LogP contribution in [0.4, 0.5) is 4.39 Å². The van der Waals surface area contributed by atoms with E-state index in [1.54, 1.807) is 0 Å². The summed E-state index contributed by atoms with van der Waals surface area (Å²) in [7, 11) is 0. The lowest BCUT2D eigenvalue weighted by Crippen LogP contribution is -1.84. The first-order valence-corrected chi connectivity index (χ1v) is 4.13. The molecule has 0 aliphatic heterocycles. The van der Waals surface area contributed by atoms with Gasteiger partial charge in [-0.05, 0) is 52.8 Å². The molecule has 0 N–H and O–H groups in total. The van der Waals surface area contributed by atoms with Crippen LogP contribution in [0, 0.1) is 10.5 Å². The summed E-state index contributed by atoms with van der Waals surface area (Å²) in [6.45, 7) is 1.57. The molecule has 0 saturated heterocycles. The molecule has 0 bridgehead atoms. The van der Waals surface area contributed by atoms with Crippen LogP contribution in [0.1, 0.15) is 11.1 Å². The van der Waals surface area contributed by atoms with Gasteiger partial charge < -0.3 is 0 Å². The summed E-state index contributed by atoms with van der Waals surface area (Å²) >= 11 is 2.22. The first kappa shape index (κ1) is 7.98. The summed E-state index contributed by atoms with van der Waals surface area (Å²) in [5, 5.41) is 0. The van der Waals surface area contributed by atoms with Crippen molar-refractivity contribution in [3.63, 3.8) is 0 Å². The van der Waals surface area contributed by atoms with Gasteiger partial charge >= 0.3 is 0 Å². The monoisotopic (exact) mass is 250 g/mol. The molecule has 0 heterocycles. The summed E-state index contributed by atoms with van der Waals surface area (Å²) in [6.07, 6.45) is 0. The second kappa shape index (κ2) is 3.32. The van der Waals surface area contributed by atoms with Crippen LogP contribution >= 0.6 is 22.6 Å². The average molecular weight is 250 g/mol. The molecule has 0 fully saturated rings. The SMILES string of the molecule is Cc1cc(I)ccc1CF. The maximum absolute atomic E-state index is 12.1. The van der Waals surface area contributed by atoms with Crippen molar-refractivity contribution in [2.45, 2.75) is 13.6 Å². The second-order valence-corrected chi connectivity index (χ2v) is 3.45. The molecule has 0 radical (unpaired) electrons. The van der Waals surface area contributed by atoms with Gasteiger partial charge in [0.2, 0.25) is 0 Å². The molecule has 0 aliphatic carbocycles. The molecule has 1 aromatic rings. The molecule has 2 heteroatoms. The lowest BCUT2D eigenvalue weighted by Gasteiger charge is -1.99. The molecule has 10 heavy (non-hydrogen) atoms. The van der Waals surface area contributed by atoms with E-state index in [9.17, 15) is 4.39 Å². The van der Waals surface area contributed by atoms with Gasteiger partial charge in [-0.15, -0.1) is 0 Å². The molecule has 0 aromatic heterocycles. The van der Waals surface area contributed by atoms with Crippen molar-refractivity contribution in [2.24, 2.45) is 0 Å². The topological polar surface area (TPSA) is 0 Å². The third-order valence-electron chi connectivity index (χ3n) is 1.45. The van der Waals surface area contributed by atoms with Crippen molar-refractivity contribution >= 4 is 22.6 Å². The smallest absolute Gasteiger partial charge is 0.115 e. The quantitative estimate of drug-likeness (QED) is 0.672. The van der Waals surface area contributed by atoms with Gasteiger partial charge in [-0.1, -0.05) is 6.07 Å². The molecule has 1 rings (SSSR count). The van der Waals surface area contributed by atoms with Crippen molar-refractivity contribution in [3.8, 4) is 0 Å². The third-order valence-corrected chi connectivity index (χ3v) is 2.12. The van der Waals surface area contributed by atoms with Crippen molar-refractivity contribution in [1.29, 1.82) is 0 Å². The zero-order valence-corrected chi connectivity index (χ0v) is 7.85. The number of hydrogen-bond acceptors (Lipinski definition) is 0. The van der Waals surface area contributed by atoms with E-state index in [-0.39, 0.29) is 6.67 Å². The maximum atomic E-state index is 12.1. The van der Waals surface area contributed by atoms with Crippen molar-refractivity contribution < 1.29 is 4.39 Å². The molecular weight excluding hydrogens is 242 g/mol. The van der Waals surface area contributed by atoms with Gasteiger partial charge in [-0.3, -0.25) is 0 Å². The summed E-state index contributed by atoms with van der Waals surface area (Å²) in [5.41, 5.74) is 1.83. The molecular formula is C8H8FI. The molecule has 0 nitrogen and oxygen atoms in total. The van der Waals surface area contributed by atoms with Crippen LogP contribution in [0.2, 0.25) is 0 Å². The van der Waals surface area contributed by atoms with Gasteiger partial charge in [0.15, 0.2) is 0 Å². The minimum absolute atomic E-state index is 0.358. The summed E-state index contributed by atoms with van der Waals surface area (Å²) in [5.74, 6) is 0. The number of rotatable bonds is 1. The summed E-state index contributed by atoms with van der Waals surface area (Å²) in [4.78, 5) is 0. The number of alkyl halides is 1. The Kier molecular flexibility index (Phi) is 2.65. The number of benzene rings is 1. The Labute approximate surface area is 73.6 Å². The lowest BCUT2D eigenvalue weighted by molar-refractivity contribution is 0.483. The third kappa shape index (κ3) is 1.68. The fourth-order valence-corrected chi connectivity index (χ4v) is 1.46. The first-order chi connectivity index (χ1) is 4.74. The predicted molar refractivity (Wildman–Crippen MR) is 48.7 cm³/mol. The van der Waals surface area contributed by atoms with Crippen molar-refractivity contribution in [2.75, 3.05) is 0 Å². The summed E-state index contributed by atoms with van der Waals surface area (Å²) in [6, 6.07) is 5.73. The summed E-state index contributed by atoms with van der Waals surface area (Å²) < 4.78 is 13.3. The van der Waals surface area contributed by atoms with E-state index in [2.05, 4.69) is 22.6 Å². The largest absolute Gasteiger partial charge is 0.246 e. The molecule has 0 spiro atoms. The van der Waals surface area contributed by atoms with E-state index < -0.39 is 0 Å². The highest BCUT2D eigenvalue weighted by molar-refractivity contribution is 14.1. The molecule has 0 saturated carbocycles. The fraction of sp³-hybridized carbons (Fsp3) is 0.250. The van der Waals surface area contributed by atoms with Crippen molar-refractivity contribution in [3.05, 3.63) is 32.9 Å². The van der Waals surface area contributed by atoms with Crippen LogP contribution in [0.5, 0.6) is 0 Å². The Hall–Kier alpha value is -0.120. The van der Waals surface area contributed by atoms with Crippen LogP contribution in [0.25, 0.3) is 0 Å². The Morgan fingerprint density at radius 2 is 2.20 bits per heavy atom. The Morgan fingerprint density at radius 3 is 2.70 bits per heavy atom. The normalized spacial score (nSPS) is 9.90. The van der Waals surface area contributed by atoms with E-state index >= 15 is 0 Å². The van der Waals surface area contributed by atoms with Gasteiger partial charge in [0.25, 0.3) is 0 Å². The van der Waals surface area contributed by atoms with Gasteiger partial charge in [0.05, 0.1) is 0 Å². The number of aryl methyl sites for hydroxylation is 1. The highest BCUT2D eigenvalue weighted by Gasteiger charge is 1.96. The van der Waals surface area contributed by atoms with Gasteiger partial charge in [0, 0.05) is 3.57 Å². The maximum Gasteiger partial charge on any atom is 0.115 e. The van der Waals surface area contributed by atoms with Gasteiger partial charge in [-0.2, -0.15) is 0 Å². The Morgan fingerprint density at radius 1 is 1.50 bits per heavy atom. The van der Waals surface area contributed by atoms with Crippen LogP contribution in [0.15, 0.2) is 18.2 Å². The fourth-order valence-electron chi connectivity index (χ4n) is 0.809. The Bertz CT molecular complexity index is 233.